The van der Waals surface area contributed by atoms with Crippen molar-refractivity contribution in [1.29, 1.82) is 0 Å². The molecule has 124 valence electrons. The van der Waals surface area contributed by atoms with Gasteiger partial charge in [0.25, 0.3) is 0 Å². The fourth-order valence-corrected chi connectivity index (χ4v) is 3.59. The Kier molecular flexibility index (Phi) is 4.07. The van der Waals surface area contributed by atoms with Gasteiger partial charge < -0.3 is 9.88 Å². The Hall–Kier alpha value is -2.20. The van der Waals surface area contributed by atoms with Crippen molar-refractivity contribution in [2.75, 3.05) is 13.1 Å². The molecule has 1 aliphatic rings. The third kappa shape index (κ3) is 2.71. The van der Waals surface area contributed by atoms with Gasteiger partial charge in [-0.2, -0.15) is 0 Å². The van der Waals surface area contributed by atoms with E-state index in [0.29, 0.717) is 12.0 Å². The first-order valence-corrected chi connectivity index (χ1v) is 8.87. The van der Waals surface area contributed by atoms with Gasteiger partial charge in [0.1, 0.15) is 5.52 Å². The minimum atomic E-state index is 0.391. The Balaban J connectivity index is 1.92. The molecule has 0 spiro atoms. The molecule has 4 rings (SSSR count). The van der Waals surface area contributed by atoms with E-state index in [-0.39, 0.29) is 0 Å². The van der Waals surface area contributed by atoms with Crippen LogP contribution >= 0.6 is 0 Å². The van der Waals surface area contributed by atoms with E-state index < -0.39 is 0 Å². The van der Waals surface area contributed by atoms with Gasteiger partial charge in [-0.05, 0) is 45.8 Å². The number of fused-ring (bicyclic) bond motifs is 1. The normalized spacial score (nSPS) is 16.1. The number of nitrogens with zero attached hydrogens (tertiary/aromatic N) is 3. The molecule has 24 heavy (non-hydrogen) atoms. The van der Waals surface area contributed by atoms with Crippen molar-refractivity contribution < 1.29 is 0 Å². The van der Waals surface area contributed by atoms with Gasteiger partial charge in [0.2, 0.25) is 0 Å². The van der Waals surface area contributed by atoms with Crippen molar-refractivity contribution in [1.82, 2.24) is 19.9 Å². The Morgan fingerprint density at radius 2 is 1.88 bits per heavy atom. The summed E-state index contributed by atoms with van der Waals surface area (Å²) in [5.41, 5.74) is 5.58. The van der Waals surface area contributed by atoms with Crippen molar-refractivity contribution >= 4 is 11.0 Å². The highest BCUT2D eigenvalue weighted by Gasteiger charge is 2.21. The van der Waals surface area contributed by atoms with E-state index in [2.05, 4.69) is 54.1 Å². The minimum absolute atomic E-state index is 0.391. The zero-order chi connectivity index (χ0) is 16.5. The van der Waals surface area contributed by atoms with Gasteiger partial charge in [-0.25, -0.2) is 4.98 Å². The third-order valence-corrected chi connectivity index (χ3v) is 4.94. The van der Waals surface area contributed by atoms with Gasteiger partial charge in [-0.15, -0.1) is 0 Å². The molecule has 3 aromatic rings. The van der Waals surface area contributed by atoms with Crippen LogP contribution < -0.4 is 5.32 Å². The van der Waals surface area contributed by atoms with E-state index in [0.717, 1.165) is 42.7 Å². The maximum atomic E-state index is 5.06. The highest BCUT2D eigenvalue weighted by molar-refractivity contribution is 5.90. The van der Waals surface area contributed by atoms with Crippen LogP contribution in [-0.2, 0) is 0 Å². The van der Waals surface area contributed by atoms with Crippen molar-refractivity contribution in [3.05, 3.63) is 48.4 Å². The number of hydrogen-bond acceptors (Lipinski definition) is 3. The van der Waals surface area contributed by atoms with Gasteiger partial charge in [0.15, 0.2) is 0 Å². The molecule has 1 N–H and O–H groups in total. The van der Waals surface area contributed by atoms with Gasteiger partial charge in [0, 0.05) is 23.2 Å². The van der Waals surface area contributed by atoms with Gasteiger partial charge in [-0.1, -0.05) is 30.3 Å². The maximum Gasteiger partial charge on any atom is 0.115 e. The maximum absolute atomic E-state index is 5.06. The second-order valence-corrected chi connectivity index (χ2v) is 6.90. The van der Waals surface area contributed by atoms with Crippen LogP contribution in [0.3, 0.4) is 0 Å². The second kappa shape index (κ2) is 6.36. The lowest BCUT2D eigenvalue weighted by molar-refractivity contribution is 0.453. The molecule has 1 fully saturated rings. The lowest BCUT2D eigenvalue weighted by Crippen LogP contribution is -2.27. The molecule has 0 radical (unpaired) electrons. The average molecular weight is 320 g/mol. The summed E-state index contributed by atoms with van der Waals surface area (Å²) in [5, 5.41) is 3.45. The van der Waals surface area contributed by atoms with Crippen molar-refractivity contribution in [2.45, 2.75) is 38.6 Å². The minimum Gasteiger partial charge on any atom is -0.328 e. The standard InChI is InChI=1S/C20H24N4/c1-14(2)24-13-22-20-18(24)12-17(15-8-10-21-11-9-15)23-19(20)16-6-4-3-5-7-16/h3-7,12-15,21H,8-11H2,1-2H3. The second-order valence-electron chi connectivity index (χ2n) is 6.90. The summed E-state index contributed by atoms with van der Waals surface area (Å²) >= 11 is 0. The van der Waals surface area contributed by atoms with Gasteiger partial charge >= 0.3 is 0 Å². The first kappa shape index (κ1) is 15.3. The summed E-state index contributed by atoms with van der Waals surface area (Å²) in [6, 6.07) is 13.1. The number of benzene rings is 1. The average Bonchev–Trinajstić information content (AvgIpc) is 3.06. The van der Waals surface area contributed by atoms with Crippen molar-refractivity contribution in [3.63, 3.8) is 0 Å². The van der Waals surface area contributed by atoms with E-state index in [1.165, 1.54) is 11.2 Å². The summed E-state index contributed by atoms with van der Waals surface area (Å²) in [4.78, 5) is 9.75. The molecule has 4 heteroatoms. The van der Waals surface area contributed by atoms with Crippen LogP contribution in [-0.4, -0.2) is 27.6 Å². The number of imidazole rings is 1. The Bertz CT molecular complexity index is 829. The fraction of sp³-hybridized carbons (Fsp3) is 0.400. The third-order valence-electron chi connectivity index (χ3n) is 4.94. The molecule has 0 aliphatic carbocycles. The van der Waals surface area contributed by atoms with E-state index >= 15 is 0 Å². The summed E-state index contributed by atoms with van der Waals surface area (Å²) < 4.78 is 2.26. The van der Waals surface area contributed by atoms with E-state index in [4.69, 9.17) is 9.97 Å². The highest BCUT2D eigenvalue weighted by Crippen LogP contribution is 2.32. The molecule has 3 heterocycles. The van der Waals surface area contributed by atoms with Crippen LogP contribution in [0.15, 0.2) is 42.7 Å². The molecule has 0 amide bonds. The van der Waals surface area contributed by atoms with Crippen LogP contribution in [0, 0.1) is 0 Å². The molecule has 2 aromatic heterocycles. The number of nitrogens with one attached hydrogen (secondary N) is 1. The quantitative estimate of drug-likeness (QED) is 0.788. The summed E-state index contributed by atoms with van der Waals surface area (Å²) in [6.07, 6.45) is 4.26. The predicted molar refractivity (Wildman–Crippen MR) is 98.2 cm³/mol. The molecule has 0 unspecified atom stereocenters. The SMILES string of the molecule is CC(C)n1cnc2c(-c3ccccc3)nc(C3CCNCC3)cc21. The number of piperidine rings is 1. The van der Waals surface area contributed by atoms with E-state index in [1.54, 1.807) is 0 Å². The lowest BCUT2D eigenvalue weighted by Gasteiger charge is -2.23. The topological polar surface area (TPSA) is 42.7 Å². The van der Waals surface area contributed by atoms with Crippen LogP contribution in [0.2, 0.25) is 0 Å². The number of pyridine rings is 1. The molecule has 1 aliphatic heterocycles. The molecule has 1 saturated heterocycles. The number of aromatic nitrogens is 3. The van der Waals surface area contributed by atoms with Gasteiger partial charge in [0.05, 0.1) is 17.5 Å². The molecule has 0 bridgehead atoms. The van der Waals surface area contributed by atoms with Gasteiger partial charge in [-0.3, -0.25) is 4.98 Å². The molecular weight excluding hydrogens is 296 g/mol. The van der Waals surface area contributed by atoms with Crippen molar-refractivity contribution in [2.24, 2.45) is 0 Å². The van der Waals surface area contributed by atoms with Crippen LogP contribution in [0.25, 0.3) is 22.3 Å². The smallest absolute Gasteiger partial charge is 0.115 e. The molecule has 1 aromatic carbocycles. The number of rotatable bonds is 3. The zero-order valence-electron chi connectivity index (χ0n) is 14.4. The van der Waals surface area contributed by atoms with Crippen LogP contribution in [0.4, 0.5) is 0 Å². The Morgan fingerprint density at radius 3 is 2.58 bits per heavy atom. The molecule has 0 saturated carbocycles. The zero-order valence-corrected chi connectivity index (χ0v) is 14.4. The van der Waals surface area contributed by atoms with Crippen LogP contribution in [0.1, 0.15) is 44.3 Å². The monoisotopic (exact) mass is 320 g/mol. The van der Waals surface area contributed by atoms with Crippen molar-refractivity contribution in [3.8, 4) is 11.3 Å². The molecular formula is C20H24N4. The number of hydrogen-bond donors (Lipinski definition) is 1. The van der Waals surface area contributed by atoms with Crippen LogP contribution in [0.5, 0.6) is 0 Å². The summed E-state index contributed by atoms with van der Waals surface area (Å²) in [5.74, 6) is 0.536. The summed E-state index contributed by atoms with van der Waals surface area (Å²) in [6.45, 7) is 6.56. The Morgan fingerprint density at radius 1 is 1.12 bits per heavy atom. The van der Waals surface area contributed by atoms with E-state index in [9.17, 15) is 0 Å². The molecule has 4 nitrogen and oxygen atoms in total. The van der Waals surface area contributed by atoms with E-state index in [1.807, 2.05) is 12.4 Å². The predicted octanol–water partition coefficient (Wildman–Crippen LogP) is 4.15. The largest absolute Gasteiger partial charge is 0.328 e. The first-order valence-electron chi connectivity index (χ1n) is 8.87. The lowest BCUT2D eigenvalue weighted by atomic mass is 9.93. The summed E-state index contributed by atoms with van der Waals surface area (Å²) in [7, 11) is 0. The Labute approximate surface area is 142 Å². The highest BCUT2D eigenvalue weighted by atomic mass is 15.1. The fourth-order valence-electron chi connectivity index (χ4n) is 3.59. The molecule has 0 atom stereocenters. The first-order chi connectivity index (χ1) is 11.7.